The van der Waals surface area contributed by atoms with Gasteiger partial charge in [-0.15, -0.1) is 0 Å². The second kappa shape index (κ2) is 7.79. The third-order valence-electron chi connectivity index (χ3n) is 2.97. The Labute approximate surface area is 116 Å². The van der Waals surface area contributed by atoms with Crippen LogP contribution in [-0.2, 0) is 11.2 Å². The minimum absolute atomic E-state index is 0.175. The lowest BCUT2D eigenvalue weighted by Crippen LogP contribution is -2.38. The predicted molar refractivity (Wildman–Crippen MR) is 80.0 cm³/mol. The lowest BCUT2D eigenvalue weighted by Gasteiger charge is -2.24. The quantitative estimate of drug-likeness (QED) is 0.760. The summed E-state index contributed by atoms with van der Waals surface area (Å²) in [5.74, 6) is 0.175. The maximum Gasteiger partial charge on any atom is 0.227 e. The van der Waals surface area contributed by atoms with E-state index in [1.807, 2.05) is 43.3 Å². The number of amides is 1. The lowest BCUT2D eigenvalue weighted by molar-refractivity contribution is -0.130. The topological polar surface area (TPSA) is 49.6 Å². The predicted octanol–water partition coefficient (Wildman–Crippen LogP) is 1.61. The van der Waals surface area contributed by atoms with Gasteiger partial charge in [0, 0.05) is 25.3 Å². The van der Waals surface area contributed by atoms with E-state index < -0.39 is 0 Å². The van der Waals surface area contributed by atoms with Crippen molar-refractivity contribution < 1.29 is 4.79 Å². The van der Waals surface area contributed by atoms with Crippen molar-refractivity contribution in [1.29, 1.82) is 0 Å². The number of nitrogen functional groups attached to an aromatic ring is 1. The van der Waals surface area contributed by atoms with Gasteiger partial charge in [-0.05, 0) is 38.2 Å². The Morgan fingerprint density at radius 2 is 1.95 bits per heavy atom. The van der Waals surface area contributed by atoms with E-state index in [1.165, 1.54) is 0 Å². The van der Waals surface area contributed by atoms with E-state index in [0.29, 0.717) is 12.1 Å². The van der Waals surface area contributed by atoms with Crippen molar-refractivity contribution in [2.45, 2.75) is 19.8 Å². The number of carbonyl (C=O) groups is 1. The Kier molecular flexibility index (Phi) is 6.36. The summed E-state index contributed by atoms with van der Waals surface area (Å²) in [6, 6.07) is 7.55. The Hall–Kier alpha value is -1.55. The van der Waals surface area contributed by atoms with Crippen LogP contribution >= 0.6 is 0 Å². The molecule has 4 heteroatoms. The fourth-order valence-electron chi connectivity index (χ4n) is 1.94. The Balaban J connectivity index is 2.60. The minimum atomic E-state index is 0.175. The van der Waals surface area contributed by atoms with E-state index in [2.05, 4.69) is 11.8 Å². The molecule has 0 heterocycles. The van der Waals surface area contributed by atoms with Gasteiger partial charge in [-0.1, -0.05) is 19.1 Å². The molecule has 0 fully saturated rings. The summed E-state index contributed by atoms with van der Waals surface area (Å²) in [6.07, 6.45) is 1.41. The molecule has 0 bridgehead atoms. The number of nitrogens with two attached hydrogens (primary N) is 1. The zero-order valence-corrected chi connectivity index (χ0v) is 12.2. The molecule has 1 aromatic rings. The maximum absolute atomic E-state index is 12.3. The fourth-order valence-corrected chi connectivity index (χ4v) is 1.94. The molecule has 0 radical (unpaired) electrons. The molecule has 0 aliphatic rings. The number of hydrogen-bond donors (Lipinski definition) is 1. The third kappa shape index (κ3) is 5.75. The monoisotopic (exact) mass is 263 g/mol. The molecule has 0 aromatic heterocycles. The third-order valence-corrected chi connectivity index (χ3v) is 2.97. The molecular weight excluding hydrogens is 238 g/mol. The van der Waals surface area contributed by atoms with E-state index >= 15 is 0 Å². The molecule has 4 nitrogen and oxygen atoms in total. The van der Waals surface area contributed by atoms with Crippen molar-refractivity contribution in [1.82, 2.24) is 9.80 Å². The smallest absolute Gasteiger partial charge is 0.227 e. The van der Waals surface area contributed by atoms with Gasteiger partial charge in [0.25, 0.3) is 0 Å². The normalized spacial score (nSPS) is 10.7. The highest BCUT2D eigenvalue weighted by molar-refractivity contribution is 5.79. The van der Waals surface area contributed by atoms with Crippen LogP contribution in [0.3, 0.4) is 0 Å². The Morgan fingerprint density at radius 3 is 2.53 bits per heavy atom. The molecule has 0 atom stereocenters. The molecule has 1 aromatic carbocycles. The van der Waals surface area contributed by atoms with Crippen LogP contribution in [0.5, 0.6) is 0 Å². The van der Waals surface area contributed by atoms with Crippen LogP contribution in [0.25, 0.3) is 0 Å². The molecule has 2 N–H and O–H groups in total. The Bertz CT molecular complexity index is 404. The molecule has 0 aliphatic carbocycles. The largest absolute Gasteiger partial charge is 0.399 e. The van der Waals surface area contributed by atoms with Gasteiger partial charge in [-0.25, -0.2) is 0 Å². The van der Waals surface area contributed by atoms with E-state index in [4.69, 9.17) is 5.73 Å². The number of hydrogen-bond acceptors (Lipinski definition) is 3. The second-order valence-electron chi connectivity index (χ2n) is 5.11. The van der Waals surface area contributed by atoms with Crippen LogP contribution in [-0.4, -0.2) is 49.4 Å². The molecule has 0 saturated heterocycles. The van der Waals surface area contributed by atoms with Crippen LogP contribution in [0.1, 0.15) is 18.9 Å². The fraction of sp³-hybridized carbons (Fsp3) is 0.533. The molecule has 0 saturated carbocycles. The molecule has 106 valence electrons. The number of nitrogens with zero attached hydrogens (tertiary/aromatic N) is 2. The van der Waals surface area contributed by atoms with Crippen molar-refractivity contribution >= 4 is 11.6 Å². The number of likely N-dealkylation sites (N-methyl/N-ethyl adjacent to an activating group) is 1. The molecular formula is C15H25N3O. The van der Waals surface area contributed by atoms with Crippen molar-refractivity contribution in [2.24, 2.45) is 0 Å². The first-order valence-electron chi connectivity index (χ1n) is 6.80. The van der Waals surface area contributed by atoms with E-state index in [9.17, 15) is 4.79 Å². The summed E-state index contributed by atoms with van der Waals surface area (Å²) < 4.78 is 0. The van der Waals surface area contributed by atoms with Crippen molar-refractivity contribution in [3.63, 3.8) is 0 Å². The van der Waals surface area contributed by atoms with Crippen molar-refractivity contribution in [3.8, 4) is 0 Å². The van der Waals surface area contributed by atoms with Crippen molar-refractivity contribution in [3.05, 3.63) is 29.8 Å². The van der Waals surface area contributed by atoms with E-state index in [1.54, 1.807) is 0 Å². The molecule has 1 amide bonds. The molecule has 0 unspecified atom stereocenters. The van der Waals surface area contributed by atoms with E-state index in [0.717, 1.165) is 31.6 Å². The Morgan fingerprint density at radius 1 is 1.21 bits per heavy atom. The average molecular weight is 263 g/mol. The highest BCUT2D eigenvalue weighted by Gasteiger charge is 2.13. The van der Waals surface area contributed by atoms with Gasteiger partial charge in [0.2, 0.25) is 5.91 Å². The number of anilines is 1. The lowest BCUT2D eigenvalue weighted by atomic mass is 10.1. The molecule has 0 aliphatic heterocycles. The van der Waals surface area contributed by atoms with Gasteiger partial charge in [-0.2, -0.15) is 0 Å². The van der Waals surface area contributed by atoms with Crippen LogP contribution in [0.2, 0.25) is 0 Å². The van der Waals surface area contributed by atoms with Gasteiger partial charge < -0.3 is 15.5 Å². The summed E-state index contributed by atoms with van der Waals surface area (Å²) in [5, 5.41) is 0. The second-order valence-corrected chi connectivity index (χ2v) is 5.11. The zero-order valence-electron chi connectivity index (χ0n) is 12.2. The van der Waals surface area contributed by atoms with Crippen molar-refractivity contribution in [2.75, 3.05) is 39.5 Å². The number of rotatable bonds is 7. The first kappa shape index (κ1) is 15.5. The van der Waals surface area contributed by atoms with Crippen LogP contribution < -0.4 is 5.73 Å². The van der Waals surface area contributed by atoms with E-state index in [-0.39, 0.29) is 5.91 Å². The summed E-state index contributed by atoms with van der Waals surface area (Å²) in [6.45, 7) is 4.58. The van der Waals surface area contributed by atoms with Gasteiger partial charge in [-0.3, -0.25) is 4.79 Å². The number of benzene rings is 1. The highest BCUT2D eigenvalue weighted by atomic mass is 16.2. The molecule has 1 rings (SSSR count). The highest BCUT2D eigenvalue weighted by Crippen LogP contribution is 2.09. The van der Waals surface area contributed by atoms with Crippen LogP contribution in [0.15, 0.2) is 24.3 Å². The summed E-state index contributed by atoms with van der Waals surface area (Å²) in [7, 11) is 4.04. The average Bonchev–Trinajstić information content (AvgIpc) is 2.34. The number of carbonyl (C=O) groups excluding carboxylic acids is 1. The van der Waals surface area contributed by atoms with Crippen LogP contribution in [0, 0.1) is 0 Å². The standard InChI is InChI=1S/C15H25N3O/c1-4-8-18(10-9-17(2)3)15(19)12-13-6-5-7-14(16)11-13/h5-7,11H,4,8-10,12,16H2,1-3H3. The SMILES string of the molecule is CCCN(CCN(C)C)C(=O)Cc1cccc(N)c1. The molecule has 0 spiro atoms. The first-order chi connectivity index (χ1) is 9.02. The van der Waals surface area contributed by atoms with Gasteiger partial charge in [0.1, 0.15) is 0 Å². The minimum Gasteiger partial charge on any atom is -0.399 e. The summed E-state index contributed by atoms with van der Waals surface area (Å²) in [4.78, 5) is 16.3. The molecule has 19 heavy (non-hydrogen) atoms. The van der Waals surface area contributed by atoms with Crippen LogP contribution in [0.4, 0.5) is 5.69 Å². The maximum atomic E-state index is 12.3. The van der Waals surface area contributed by atoms with Gasteiger partial charge >= 0.3 is 0 Å². The first-order valence-corrected chi connectivity index (χ1v) is 6.80. The zero-order chi connectivity index (χ0) is 14.3. The van der Waals surface area contributed by atoms with Gasteiger partial charge in [0.05, 0.1) is 6.42 Å². The van der Waals surface area contributed by atoms with Gasteiger partial charge in [0.15, 0.2) is 0 Å². The summed E-state index contributed by atoms with van der Waals surface area (Å²) >= 11 is 0. The summed E-state index contributed by atoms with van der Waals surface area (Å²) in [5.41, 5.74) is 7.43.